The first-order chi connectivity index (χ1) is 28.8. The normalized spacial score (nSPS) is 14.6. The van der Waals surface area contributed by atoms with Gasteiger partial charge in [0.05, 0.1) is 5.41 Å². The number of thiophene rings is 1. The van der Waals surface area contributed by atoms with E-state index in [2.05, 4.69) is 176 Å². The van der Waals surface area contributed by atoms with Crippen molar-refractivity contribution in [2.75, 3.05) is 0 Å². The SMILES string of the molecule is c1ccc(-c2ccc(-c3nc(-c4ccccc4)nc(-c4cccc(-c5cccc6c5-c5ccccc5C65c6ccccc6-c6sc7ccccc7c65)c4)n3)cc2)cc1. The van der Waals surface area contributed by atoms with Crippen LogP contribution in [0.4, 0.5) is 0 Å². The number of hydrogen-bond acceptors (Lipinski definition) is 4. The Morgan fingerprint density at radius 2 is 0.828 bits per heavy atom. The van der Waals surface area contributed by atoms with Crippen molar-refractivity contribution < 1.29 is 0 Å². The molecule has 0 saturated heterocycles. The molecule has 2 aliphatic rings. The van der Waals surface area contributed by atoms with E-state index in [-0.39, 0.29) is 0 Å². The van der Waals surface area contributed by atoms with E-state index in [1.165, 1.54) is 65.0 Å². The second-order valence-corrected chi connectivity index (χ2v) is 16.1. The second kappa shape index (κ2) is 12.9. The van der Waals surface area contributed by atoms with E-state index < -0.39 is 5.41 Å². The third kappa shape index (κ3) is 4.82. The molecular weight excluding hydrogens is 723 g/mol. The molecule has 1 spiro atoms. The van der Waals surface area contributed by atoms with E-state index in [4.69, 9.17) is 15.0 Å². The van der Waals surface area contributed by atoms with Crippen molar-refractivity contribution in [3.63, 3.8) is 0 Å². The first-order valence-electron chi connectivity index (χ1n) is 19.7. The highest BCUT2D eigenvalue weighted by molar-refractivity contribution is 7.22. The van der Waals surface area contributed by atoms with E-state index in [1.807, 2.05) is 35.6 Å². The van der Waals surface area contributed by atoms with Crippen molar-refractivity contribution in [3.05, 3.63) is 222 Å². The van der Waals surface area contributed by atoms with Gasteiger partial charge in [0.25, 0.3) is 0 Å². The highest BCUT2D eigenvalue weighted by atomic mass is 32.1. The zero-order valence-electron chi connectivity index (χ0n) is 31.3. The van der Waals surface area contributed by atoms with Crippen molar-refractivity contribution >= 4 is 21.4 Å². The lowest BCUT2D eigenvalue weighted by atomic mass is 9.70. The van der Waals surface area contributed by atoms with E-state index >= 15 is 0 Å². The molecule has 0 fully saturated rings. The summed E-state index contributed by atoms with van der Waals surface area (Å²) in [5.41, 5.74) is 16.4. The highest BCUT2D eigenvalue weighted by Gasteiger charge is 2.53. The van der Waals surface area contributed by atoms with Crippen LogP contribution in [-0.2, 0) is 5.41 Å². The van der Waals surface area contributed by atoms with Crippen LogP contribution >= 0.6 is 11.3 Å². The van der Waals surface area contributed by atoms with Crippen LogP contribution in [0.2, 0.25) is 0 Å². The maximum atomic E-state index is 5.15. The van der Waals surface area contributed by atoms with Crippen molar-refractivity contribution in [1.29, 1.82) is 0 Å². The molecular formula is C54H33N3S. The average molecular weight is 756 g/mol. The molecule has 58 heavy (non-hydrogen) atoms. The minimum absolute atomic E-state index is 0.422. The average Bonchev–Trinajstić information content (AvgIpc) is 3.93. The van der Waals surface area contributed by atoms with Crippen molar-refractivity contribution in [2.24, 2.45) is 0 Å². The van der Waals surface area contributed by atoms with Crippen LogP contribution in [0, 0.1) is 0 Å². The lowest BCUT2D eigenvalue weighted by Gasteiger charge is -2.30. The quantitative estimate of drug-likeness (QED) is 0.176. The molecule has 2 aliphatic carbocycles. The minimum Gasteiger partial charge on any atom is -0.208 e. The molecule has 12 rings (SSSR count). The molecule has 0 aliphatic heterocycles. The van der Waals surface area contributed by atoms with Gasteiger partial charge in [-0.25, -0.2) is 15.0 Å². The van der Waals surface area contributed by atoms with Gasteiger partial charge in [0.2, 0.25) is 0 Å². The van der Waals surface area contributed by atoms with Crippen molar-refractivity contribution in [1.82, 2.24) is 15.0 Å². The summed E-state index contributed by atoms with van der Waals surface area (Å²) < 4.78 is 1.33. The largest absolute Gasteiger partial charge is 0.208 e. The molecule has 0 N–H and O–H groups in total. The smallest absolute Gasteiger partial charge is 0.164 e. The van der Waals surface area contributed by atoms with Crippen LogP contribution in [0.25, 0.3) is 88.1 Å². The molecule has 0 saturated carbocycles. The minimum atomic E-state index is -0.422. The molecule has 2 aromatic heterocycles. The van der Waals surface area contributed by atoms with E-state index in [9.17, 15) is 0 Å². The topological polar surface area (TPSA) is 38.7 Å². The van der Waals surface area contributed by atoms with Crippen LogP contribution in [0.3, 0.4) is 0 Å². The number of nitrogens with zero attached hydrogens (tertiary/aromatic N) is 3. The van der Waals surface area contributed by atoms with E-state index in [0.29, 0.717) is 17.5 Å². The Balaban J connectivity index is 1.04. The van der Waals surface area contributed by atoms with E-state index in [0.717, 1.165) is 27.8 Å². The monoisotopic (exact) mass is 755 g/mol. The van der Waals surface area contributed by atoms with Crippen molar-refractivity contribution in [3.8, 4) is 78.0 Å². The van der Waals surface area contributed by atoms with Gasteiger partial charge in [-0.1, -0.05) is 188 Å². The fraction of sp³-hybridized carbons (Fsp3) is 0.0185. The van der Waals surface area contributed by atoms with Gasteiger partial charge >= 0.3 is 0 Å². The number of fused-ring (bicyclic) bond motifs is 12. The molecule has 0 amide bonds. The number of aromatic nitrogens is 3. The first kappa shape index (κ1) is 32.9. The van der Waals surface area contributed by atoms with Crippen LogP contribution in [0.1, 0.15) is 22.3 Å². The summed E-state index contributed by atoms with van der Waals surface area (Å²) in [6.45, 7) is 0. The summed E-state index contributed by atoms with van der Waals surface area (Å²) in [5.74, 6) is 1.93. The van der Waals surface area contributed by atoms with Crippen LogP contribution < -0.4 is 0 Å². The number of hydrogen-bond donors (Lipinski definition) is 0. The molecule has 0 bridgehead atoms. The highest BCUT2D eigenvalue weighted by Crippen LogP contribution is 2.66. The fourth-order valence-electron chi connectivity index (χ4n) is 9.50. The third-order valence-electron chi connectivity index (χ3n) is 12.0. The molecule has 1 atom stereocenters. The summed E-state index contributed by atoms with van der Waals surface area (Å²) in [6.07, 6.45) is 0. The molecule has 0 radical (unpaired) electrons. The van der Waals surface area contributed by atoms with Gasteiger partial charge in [-0.15, -0.1) is 11.3 Å². The van der Waals surface area contributed by atoms with Crippen molar-refractivity contribution in [2.45, 2.75) is 5.41 Å². The van der Waals surface area contributed by atoms with Gasteiger partial charge in [0.15, 0.2) is 17.5 Å². The Labute approximate surface area is 340 Å². The molecule has 10 aromatic rings. The number of rotatable bonds is 5. The Kier molecular flexibility index (Phi) is 7.31. The summed E-state index contributed by atoms with van der Waals surface area (Å²) in [4.78, 5) is 16.7. The Hall–Kier alpha value is -7.27. The Morgan fingerprint density at radius 1 is 0.345 bits per heavy atom. The van der Waals surface area contributed by atoms with Gasteiger partial charge in [0, 0.05) is 26.3 Å². The molecule has 270 valence electrons. The number of benzene rings is 8. The standard InChI is InChI=1S/C54H33N3S/c1-3-15-34(16-4-1)35-29-31-37(32-30-35)52-55-51(36-17-5-2-6-18-36)56-53(57-52)39-20-13-19-38(33-39)40-24-14-27-46-48(40)41-21-7-10-25-44(41)54(46)45-26-11-8-22-42(45)50-49(54)43-23-9-12-28-47(43)58-50/h1-33H. The lowest BCUT2D eigenvalue weighted by molar-refractivity contribution is 0.803. The van der Waals surface area contributed by atoms with Gasteiger partial charge in [-0.05, 0) is 78.7 Å². The molecule has 4 heteroatoms. The van der Waals surface area contributed by atoms with Crippen LogP contribution in [0.15, 0.2) is 200 Å². The summed E-state index contributed by atoms with van der Waals surface area (Å²) >= 11 is 1.92. The van der Waals surface area contributed by atoms with Gasteiger partial charge in [0.1, 0.15) is 0 Å². The van der Waals surface area contributed by atoms with Gasteiger partial charge in [-0.3, -0.25) is 0 Å². The Morgan fingerprint density at radius 3 is 1.59 bits per heavy atom. The predicted molar refractivity (Wildman–Crippen MR) is 239 cm³/mol. The molecule has 3 nitrogen and oxygen atoms in total. The summed E-state index contributed by atoms with van der Waals surface area (Å²) in [7, 11) is 0. The lowest BCUT2D eigenvalue weighted by Crippen LogP contribution is -2.25. The maximum Gasteiger partial charge on any atom is 0.164 e. The fourth-order valence-corrected chi connectivity index (χ4v) is 10.8. The summed E-state index contributed by atoms with van der Waals surface area (Å²) in [6, 6.07) is 71.8. The summed E-state index contributed by atoms with van der Waals surface area (Å²) in [5, 5.41) is 1.34. The van der Waals surface area contributed by atoms with Gasteiger partial charge < -0.3 is 0 Å². The molecule has 2 heterocycles. The molecule has 8 aromatic carbocycles. The van der Waals surface area contributed by atoms with Gasteiger partial charge in [-0.2, -0.15) is 0 Å². The predicted octanol–water partition coefficient (Wildman–Crippen LogP) is 13.8. The zero-order valence-corrected chi connectivity index (χ0v) is 32.1. The van der Waals surface area contributed by atoms with Crippen LogP contribution in [0.5, 0.6) is 0 Å². The molecule has 1 unspecified atom stereocenters. The maximum absolute atomic E-state index is 5.15. The van der Waals surface area contributed by atoms with Crippen LogP contribution in [-0.4, -0.2) is 15.0 Å². The zero-order chi connectivity index (χ0) is 38.2. The second-order valence-electron chi connectivity index (χ2n) is 15.1. The first-order valence-corrected chi connectivity index (χ1v) is 20.5. The third-order valence-corrected chi connectivity index (χ3v) is 13.2. The van der Waals surface area contributed by atoms with E-state index in [1.54, 1.807) is 0 Å². The Bertz CT molecular complexity index is 3220.